The van der Waals surface area contributed by atoms with Crippen LogP contribution in [0.2, 0.25) is 0 Å². The van der Waals surface area contributed by atoms with Gasteiger partial charge in [-0.05, 0) is 17.9 Å². The van der Waals surface area contributed by atoms with Crippen LogP contribution in [-0.4, -0.2) is 26.7 Å². The average molecular weight is 291 g/mol. The fourth-order valence-corrected chi connectivity index (χ4v) is 3.39. The van der Waals surface area contributed by atoms with Crippen LogP contribution in [0.25, 0.3) is 11.0 Å². The van der Waals surface area contributed by atoms with Crippen molar-refractivity contribution in [2.24, 2.45) is 0 Å². The second kappa shape index (κ2) is 5.58. The highest BCUT2D eigenvalue weighted by Crippen LogP contribution is 2.34. The molecule has 3 heterocycles. The van der Waals surface area contributed by atoms with Gasteiger partial charge in [0, 0.05) is 6.54 Å². The van der Waals surface area contributed by atoms with E-state index in [0.717, 1.165) is 29.0 Å². The Morgan fingerprint density at radius 1 is 1.42 bits per heavy atom. The molecular formula is C12H13N5S2. The average Bonchev–Trinajstić information content (AvgIpc) is 3.06. The Bertz CT molecular complexity index is 662. The molecule has 0 aromatic carbocycles. The Kier molecular flexibility index (Phi) is 3.65. The Labute approximate surface area is 118 Å². The van der Waals surface area contributed by atoms with Gasteiger partial charge in [0.25, 0.3) is 0 Å². The molecule has 3 aromatic heterocycles. The summed E-state index contributed by atoms with van der Waals surface area (Å²) in [5, 5.41) is 14.1. The molecule has 0 saturated carbocycles. The van der Waals surface area contributed by atoms with Crippen molar-refractivity contribution in [1.82, 2.24) is 20.2 Å². The van der Waals surface area contributed by atoms with Crippen LogP contribution in [0, 0.1) is 0 Å². The number of thiophene rings is 1. The fraction of sp³-hybridized carbons (Fsp3) is 0.250. The molecule has 0 atom stereocenters. The van der Waals surface area contributed by atoms with Crippen LogP contribution in [0.4, 0.5) is 5.95 Å². The molecule has 0 amide bonds. The summed E-state index contributed by atoms with van der Waals surface area (Å²) in [6.07, 6.45) is 2.81. The molecule has 2 N–H and O–H groups in total. The van der Waals surface area contributed by atoms with E-state index in [1.54, 1.807) is 29.3 Å². The van der Waals surface area contributed by atoms with Gasteiger partial charge in [0.05, 0.1) is 15.8 Å². The zero-order chi connectivity index (χ0) is 13.1. The van der Waals surface area contributed by atoms with E-state index in [-0.39, 0.29) is 0 Å². The summed E-state index contributed by atoms with van der Waals surface area (Å²) in [4.78, 5) is 8.99. The predicted molar refractivity (Wildman–Crippen MR) is 78.9 cm³/mol. The number of aromatic nitrogens is 4. The zero-order valence-corrected chi connectivity index (χ0v) is 12.0. The lowest BCUT2D eigenvalue weighted by Gasteiger charge is -2.05. The normalized spacial score (nSPS) is 11.0. The van der Waals surface area contributed by atoms with Crippen molar-refractivity contribution < 1.29 is 0 Å². The SMILES string of the molecule is CCCNc1nc(Sc2cccs2)c2cn[nH]c2n1. The summed E-state index contributed by atoms with van der Waals surface area (Å²) in [5.74, 6) is 0.651. The van der Waals surface area contributed by atoms with E-state index in [1.807, 2.05) is 6.07 Å². The van der Waals surface area contributed by atoms with Gasteiger partial charge in [0.1, 0.15) is 5.03 Å². The zero-order valence-electron chi connectivity index (χ0n) is 10.4. The van der Waals surface area contributed by atoms with Gasteiger partial charge in [0.15, 0.2) is 5.65 Å². The van der Waals surface area contributed by atoms with Crippen LogP contribution in [0.1, 0.15) is 13.3 Å². The molecule has 0 spiro atoms. The second-order valence-corrected chi connectivity index (χ2v) is 6.18. The van der Waals surface area contributed by atoms with E-state index in [4.69, 9.17) is 0 Å². The second-order valence-electron chi connectivity index (χ2n) is 3.95. The molecule has 3 rings (SSSR count). The summed E-state index contributed by atoms with van der Waals surface area (Å²) >= 11 is 3.35. The molecule has 0 bridgehead atoms. The summed E-state index contributed by atoms with van der Waals surface area (Å²) in [7, 11) is 0. The molecule has 3 aromatic rings. The molecular weight excluding hydrogens is 278 g/mol. The Morgan fingerprint density at radius 3 is 3.16 bits per heavy atom. The van der Waals surface area contributed by atoms with Crippen LogP contribution in [0.15, 0.2) is 32.9 Å². The van der Waals surface area contributed by atoms with Gasteiger partial charge in [0.2, 0.25) is 5.95 Å². The maximum atomic E-state index is 4.57. The number of anilines is 1. The molecule has 0 unspecified atom stereocenters. The molecule has 0 aliphatic carbocycles. The smallest absolute Gasteiger partial charge is 0.225 e. The largest absolute Gasteiger partial charge is 0.354 e. The van der Waals surface area contributed by atoms with Gasteiger partial charge in [-0.3, -0.25) is 5.10 Å². The Morgan fingerprint density at radius 2 is 2.37 bits per heavy atom. The number of nitrogens with zero attached hydrogens (tertiary/aromatic N) is 3. The van der Waals surface area contributed by atoms with E-state index in [9.17, 15) is 0 Å². The maximum Gasteiger partial charge on any atom is 0.225 e. The van der Waals surface area contributed by atoms with E-state index >= 15 is 0 Å². The molecule has 0 saturated heterocycles. The van der Waals surface area contributed by atoms with Crippen molar-refractivity contribution in [3.63, 3.8) is 0 Å². The maximum absolute atomic E-state index is 4.57. The molecule has 7 heteroatoms. The quantitative estimate of drug-likeness (QED) is 0.705. The van der Waals surface area contributed by atoms with Crippen molar-refractivity contribution in [2.75, 3.05) is 11.9 Å². The summed E-state index contributed by atoms with van der Waals surface area (Å²) in [6, 6.07) is 4.12. The van der Waals surface area contributed by atoms with Gasteiger partial charge in [-0.15, -0.1) is 11.3 Å². The standard InChI is InChI=1S/C12H13N5S2/c1-2-5-13-12-15-10-8(7-14-17-10)11(16-12)19-9-4-3-6-18-9/h3-4,6-7H,2,5H2,1H3,(H2,13,14,15,16,17). The van der Waals surface area contributed by atoms with E-state index < -0.39 is 0 Å². The van der Waals surface area contributed by atoms with Gasteiger partial charge in [-0.25, -0.2) is 4.98 Å². The first kappa shape index (κ1) is 12.4. The monoisotopic (exact) mass is 291 g/mol. The van der Waals surface area contributed by atoms with Gasteiger partial charge >= 0.3 is 0 Å². The number of hydrogen-bond acceptors (Lipinski definition) is 6. The number of rotatable bonds is 5. The Balaban J connectivity index is 1.97. The van der Waals surface area contributed by atoms with Crippen LogP contribution >= 0.6 is 23.1 Å². The third kappa shape index (κ3) is 2.71. The topological polar surface area (TPSA) is 66.5 Å². The van der Waals surface area contributed by atoms with Crippen molar-refractivity contribution in [3.8, 4) is 0 Å². The predicted octanol–water partition coefficient (Wildman–Crippen LogP) is 3.39. The highest BCUT2D eigenvalue weighted by molar-refractivity contribution is 8.01. The van der Waals surface area contributed by atoms with Crippen LogP contribution < -0.4 is 5.32 Å². The number of nitrogens with one attached hydrogen (secondary N) is 2. The summed E-state index contributed by atoms with van der Waals surface area (Å²) in [6.45, 7) is 2.98. The first-order chi connectivity index (χ1) is 9.36. The number of H-pyrrole nitrogens is 1. The molecule has 19 heavy (non-hydrogen) atoms. The minimum absolute atomic E-state index is 0.651. The van der Waals surface area contributed by atoms with Crippen LogP contribution in [0.3, 0.4) is 0 Å². The number of aromatic amines is 1. The summed E-state index contributed by atoms with van der Waals surface area (Å²) in [5.41, 5.74) is 0.771. The third-order valence-corrected chi connectivity index (χ3v) is 4.54. The first-order valence-corrected chi connectivity index (χ1v) is 7.73. The molecule has 0 aliphatic rings. The summed E-state index contributed by atoms with van der Waals surface area (Å²) < 4.78 is 1.21. The minimum Gasteiger partial charge on any atom is -0.354 e. The van der Waals surface area contributed by atoms with Crippen LogP contribution in [0.5, 0.6) is 0 Å². The van der Waals surface area contributed by atoms with E-state index in [1.165, 1.54) is 4.21 Å². The lowest BCUT2D eigenvalue weighted by Crippen LogP contribution is -2.04. The number of fused-ring (bicyclic) bond motifs is 1. The van der Waals surface area contributed by atoms with Crippen molar-refractivity contribution >= 4 is 40.1 Å². The van der Waals surface area contributed by atoms with E-state index in [2.05, 4.69) is 43.9 Å². The Hall–Kier alpha value is -1.60. The third-order valence-electron chi connectivity index (χ3n) is 2.50. The minimum atomic E-state index is 0.651. The van der Waals surface area contributed by atoms with Gasteiger partial charge in [-0.2, -0.15) is 10.1 Å². The molecule has 0 fully saturated rings. The lowest BCUT2D eigenvalue weighted by atomic mass is 10.4. The molecule has 0 radical (unpaired) electrons. The molecule has 0 aliphatic heterocycles. The van der Waals surface area contributed by atoms with Crippen molar-refractivity contribution in [3.05, 3.63) is 23.7 Å². The van der Waals surface area contributed by atoms with Gasteiger partial charge in [-0.1, -0.05) is 24.8 Å². The highest BCUT2D eigenvalue weighted by Gasteiger charge is 2.11. The highest BCUT2D eigenvalue weighted by atomic mass is 32.2. The van der Waals surface area contributed by atoms with Crippen molar-refractivity contribution in [1.29, 1.82) is 0 Å². The van der Waals surface area contributed by atoms with Gasteiger partial charge < -0.3 is 5.32 Å². The van der Waals surface area contributed by atoms with Crippen LogP contribution in [-0.2, 0) is 0 Å². The first-order valence-electron chi connectivity index (χ1n) is 6.03. The number of hydrogen-bond donors (Lipinski definition) is 2. The molecule has 98 valence electrons. The lowest BCUT2D eigenvalue weighted by molar-refractivity contribution is 0.943. The van der Waals surface area contributed by atoms with E-state index in [0.29, 0.717) is 5.95 Å². The molecule has 5 nitrogen and oxygen atoms in total. The fourth-order valence-electron chi connectivity index (χ4n) is 1.62. The van der Waals surface area contributed by atoms with Crippen molar-refractivity contribution in [2.45, 2.75) is 22.6 Å².